The smallest absolute Gasteiger partial charge is 0.124 e. The minimum atomic E-state index is 0.246. The minimum absolute atomic E-state index is 0.246. The number of hydrogen-bond donors (Lipinski definition) is 1. The van der Waals surface area contributed by atoms with Crippen molar-refractivity contribution in [1.82, 2.24) is 5.32 Å². The Kier molecular flexibility index (Phi) is 2.44. The summed E-state index contributed by atoms with van der Waals surface area (Å²) in [6.45, 7) is 4.24. The first-order valence-corrected chi connectivity index (χ1v) is 3.95. The maximum absolute atomic E-state index is 10.4. The lowest BCUT2D eigenvalue weighted by molar-refractivity contribution is -0.112. The highest BCUT2D eigenvalue weighted by atomic mass is 16.1. The van der Waals surface area contributed by atoms with Crippen molar-refractivity contribution in [2.24, 2.45) is 5.92 Å². The van der Waals surface area contributed by atoms with Crippen LogP contribution in [0.15, 0.2) is 0 Å². The Morgan fingerprint density at radius 2 is 2.10 bits per heavy atom. The lowest BCUT2D eigenvalue weighted by Crippen LogP contribution is -2.44. The number of nitrogens with one attached hydrogen (secondary N) is 1. The van der Waals surface area contributed by atoms with Gasteiger partial charge in [0.15, 0.2) is 0 Å². The first-order valence-electron chi connectivity index (χ1n) is 3.95. The van der Waals surface area contributed by atoms with Gasteiger partial charge in [-0.15, -0.1) is 0 Å². The summed E-state index contributed by atoms with van der Waals surface area (Å²) in [5.74, 6) is 0.246. The number of piperidine rings is 1. The van der Waals surface area contributed by atoms with Crippen LogP contribution in [0.1, 0.15) is 26.7 Å². The topological polar surface area (TPSA) is 29.1 Å². The second-order valence-corrected chi connectivity index (χ2v) is 3.23. The maximum atomic E-state index is 10.4. The molecule has 0 bridgehead atoms. The second kappa shape index (κ2) is 3.15. The van der Waals surface area contributed by atoms with E-state index in [1.54, 1.807) is 0 Å². The highest BCUT2D eigenvalue weighted by Crippen LogP contribution is 2.17. The predicted molar refractivity (Wildman–Crippen MR) is 40.8 cm³/mol. The molecule has 0 aromatic heterocycles. The zero-order chi connectivity index (χ0) is 7.56. The van der Waals surface area contributed by atoms with Gasteiger partial charge in [0.2, 0.25) is 0 Å². The fourth-order valence-corrected chi connectivity index (χ4v) is 1.53. The zero-order valence-electron chi connectivity index (χ0n) is 6.63. The number of carbonyl (C=O) groups is 1. The summed E-state index contributed by atoms with van der Waals surface area (Å²) >= 11 is 0. The normalized spacial score (nSPS) is 41.2. The van der Waals surface area contributed by atoms with Crippen molar-refractivity contribution in [3.05, 3.63) is 0 Å². The molecule has 3 atom stereocenters. The van der Waals surface area contributed by atoms with Gasteiger partial charge in [0.25, 0.3) is 0 Å². The van der Waals surface area contributed by atoms with Gasteiger partial charge in [-0.2, -0.15) is 0 Å². The molecule has 0 amide bonds. The van der Waals surface area contributed by atoms with E-state index < -0.39 is 0 Å². The Balaban J connectivity index is 2.43. The van der Waals surface area contributed by atoms with Gasteiger partial charge in [-0.05, 0) is 26.7 Å². The summed E-state index contributed by atoms with van der Waals surface area (Å²) in [5.41, 5.74) is 0. The van der Waals surface area contributed by atoms with E-state index in [1.165, 1.54) is 0 Å². The molecule has 3 unspecified atom stereocenters. The molecular formula is C8H15NO. The third-order valence-corrected chi connectivity index (χ3v) is 2.30. The molecule has 0 aromatic rings. The van der Waals surface area contributed by atoms with E-state index in [1.807, 2.05) is 0 Å². The average molecular weight is 141 g/mol. The summed E-state index contributed by atoms with van der Waals surface area (Å²) in [7, 11) is 0. The summed E-state index contributed by atoms with van der Waals surface area (Å²) in [5, 5.41) is 3.35. The van der Waals surface area contributed by atoms with E-state index in [-0.39, 0.29) is 5.92 Å². The van der Waals surface area contributed by atoms with Crippen LogP contribution in [0.3, 0.4) is 0 Å². The van der Waals surface area contributed by atoms with Gasteiger partial charge in [0, 0.05) is 18.0 Å². The van der Waals surface area contributed by atoms with Crippen LogP contribution < -0.4 is 5.32 Å². The van der Waals surface area contributed by atoms with E-state index >= 15 is 0 Å². The van der Waals surface area contributed by atoms with E-state index in [2.05, 4.69) is 19.2 Å². The van der Waals surface area contributed by atoms with Crippen LogP contribution in [0.4, 0.5) is 0 Å². The molecule has 2 nitrogen and oxygen atoms in total. The van der Waals surface area contributed by atoms with Crippen LogP contribution in [0.5, 0.6) is 0 Å². The molecule has 1 aliphatic heterocycles. The molecule has 0 aromatic carbocycles. The van der Waals surface area contributed by atoms with Gasteiger partial charge in [0.1, 0.15) is 6.29 Å². The van der Waals surface area contributed by atoms with E-state index in [0.29, 0.717) is 12.1 Å². The second-order valence-electron chi connectivity index (χ2n) is 3.23. The average Bonchev–Trinajstić information content (AvgIpc) is 1.88. The molecule has 0 saturated carbocycles. The largest absolute Gasteiger partial charge is 0.311 e. The minimum Gasteiger partial charge on any atom is -0.311 e. The quantitative estimate of drug-likeness (QED) is 0.551. The molecule has 1 aliphatic rings. The molecule has 1 fully saturated rings. The summed E-state index contributed by atoms with van der Waals surface area (Å²) in [6, 6.07) is 0.965. The molecule has 58 valence electrons. The van der Waals surface area contributed by atoms with Crippen molar-refractivity contribution in [1.29, 1.82) is 0 Å². The Morgan fingerprint density at radius 3 is 2.60 bits per heavy atom. The van der Waals surface area contributed by atoms with Gasteiger partial charge in [-0.25, -0.2) is 0 Å². The van der Waals surface area contributed by atoms with Crippen LogP contribution in [0, 0.1) is 5.92 Å². The van der Waals surface area contributed by atoms with Gasteiger partial charge < -0.3 is 10.1 Å². The summed E-state index contributed by atoms with van der Waals surface area (Å²) < 4.78 is 0. The van der Waals surface area contributed by atoms with E-state index in [4.69, 9.17) is 0 Å². The Hall–Kier alpha value is -0.370. The van der Waals surface area contributed by atoms with Gasteiger partial charge in [0.05, 0.1) is 0 Å². The maximum Gasteiger partial charge on any atom is 0.124 e. The first-order chi connectivity index (χ1) is 4.74. The lowest BCUT2D eigenvalue weighted by Gasteiger charge is -2.30. The third kappa shape index (κ3) is 1.57. The zero-order valence-corrected chi connectivity index (χ0v) is 6.63. The van der Waals surface area contributed by atoms with Crippen LogP contribution in [-0.2, 0) is 4.79 Å². The van der Waals surface area contributed by atoms with Crippen molar-refractivity contribution in [2.45, 2.75) is 38.8 Å². The van der Waals surface area contributed by atoms with Gasteiger partial charge in [-0.1, -0.05) is 0 Å². The number of rotatable bonds is 1. The number of carbonyl (C=O) groups excluding carboxylic acids is 1. The SMILES string of the molecule is CC1CCC(C=O)C(C)N1. The predicted octanol–water partition coefficient (Wildman–Crippen LogP) is 0.962. The standard InChI is InChI=1S/C8H15NO/c1-6-3-4-8(5-10)7(2)9-6/h5-9H,3-4H2,1-2H3. The molecule has 0 spiro atoms. The molecule has 1 heterocycles. The highest BCUT2D eigenvalue weighted by molar-refractivity contribution is 5.54. The van der Waals surface area contributed by atoms with Crippen LogP contribution >= 0.6 is 0 Å². The van der Waals surface area contributed by atoms with Crippen molar-refractivity contribution in [2.75, 3.05) is 0 Å². The Morgan fingerprint density at radius 1 is 1.40 bits per heavy atom. The molecular weight excluding hydrogens is 126 g/mol. The molecule has 1 N–H and O–H groups in total. The lowest BCUT2D eigenvalue weighted by atomic mass is 9.90. The Labute approximate surface area is 62.0 Å². The monoisotopic (exact) mass is 141 g/mol. The van der Waals surface area contributed by atoms with Crippen molar-refractivity contribution in [3.8, 4) is 0 Å². The molecule has 1 rings (SSSR count). The third-order valence-electron chi connectivity index (χ3n) is 2.30. The molecule has 10 heavy (non-hydrogen) atoms. The molecule has 0 radical (unpaired) electrons. The molecule has 0 aliphatic carbocycles. The van der Waals surface area contributed by atoms with Crippen LogP contribution in [0.2, 0.25) is 0 Å². The van der Waals surface area contributed by atoms with E-state index in [9.17, 15) is 4.79 Å². The van der Waals surface area contributed by atoms with Crippen LogP contribution in [0.25, 0.3) is 0 Å². The van der Waals surface area contributed by atoms with Crippen molar-refractivity contribution in [3.63, 3.8) is 0 Å². The van der Waals surface area contributed by atoms with Crippen molar-refractivity contribution < 1.29 is 4.79 Å². The van der Waals surface area contributed by atoms with Crippen molar-refractivity contribution >= 4 is 6.29 Å². The van der Waals surface area contributed by atoms with Crippen LogP contribution in [-0.4, -0.2) is 18.4 Å². The first kappa shape index (κ1) is 7.73. The highest BCUT2D eigenvalue weighted by Gasteiger charge is 2.23. The van der Waals surface area contributed by atoms with Gasteiger partial charge >= 0.3 is 0 Å². The fourth-order valence-electron chi connectivity index (χ4n) is 1.53. The Bertz CT molecular complexity index is 124. The fraction of sp³-hybridized carbons (Fsp3) is 0.875. The van der Waals surface area contributed by atoms with Gasteiger partial charge in [-0.3, -0.25) is 0 Å². The number of aldehydes is 1. The summed E-state index contributed by atoms with van der Waals surface area (Å²) in [4.78, 5) is 10.4. The summed E-state index contributed by atoms with van der Waals surface area (Å²) in [6.07, 6.45) is 3.26. The van der Waals surface area contributed by atoms with E-state index in [0.717, 1.165) is 19.1 Å². The number of hydrogen-bond acceptors (Lipinski definition) is 2. The molecule has 1 saturated heterocycles. The molecule has 2 heteroatoms.